The maximum atomic E-state index is 12.2. The fraction of sp³-hybridized carbons (Fsp3) is 0.200. The molecular formula is C20H20Br2N4O4S. The molecule has 0 saturated carbocycles. The van der Waals surface area contributed by atoms with Crippen LogP contribution >= 0.6 is 44.1 Å². The molecule has 0 radical (unpaired) electrons. The Morgan fingerprint density at radius 3 is 2.32 bits per heavy atom. The first-order valence-electron chi connectivity index (χ1n) is 9.08. The fourth-order valence-electron chi connectivity index (χ4n) is 2.34. The van der Waals surface area contributed by atoms with Gasteiger partial charge < -0.3 is 10.1 Å². The van der Waals surface area contributed by atoms with E-state index in [9.17, 15) is 14.4 Å². The molecule has 0 spiro atoms. The van der Waals surface area contributed by atoms with Gasteiger partial charge in [-0.1, -0.05) is 22.9 Å². The van der Waals surface area contributed by atoms with Crippen LogP contribution < -0.4 is 26.2 Å². The van der Waals surface area contributed by atoms with Gasteiger partial charge in [-0.2, -0.15) is 0 Å². The average molecular weight is 572 g/mol. The molecule has 2 aromatic carbocycles. The zero-order valence-corrected chi connectivity index (χ0v) is 20.7. The van der Waals surface area contributed by atoms with Gasteiger partial charge in [-0.05, 0) is 77.0 Å². The number of thiocarbonyl (C=S) groups is 1. The first-order valence-corrected chi connectivity index (χ1v) is 11.1. The third-order valence-electron chi connectivity index (χ3n) is 3.84. The minimum Gasteiger partial charge on any atom is -0.482 e. The summed E-state index contributed by atoms with van der Waals surface area (Å²) in [5.74, 6) is -0.525. The van der Waals surface area contributed by atoms with Gasteiger partial charge in [-0.25, -0.2) is 0 Å². The number of hydrazine groups is 1. The lowest BCUT2D eigenvalue weighted by Crippen LogP contribution is -2.49. The maximum Gasteiger partial charge on any atom is 0.269 e. The van der Waals surface area contributed by atoms with Gasteiger partial charge >= 0.3 is 0 Å². The zero-order chi connectivity index (χ0) is 23.0. The van der Waals surface area contributed by atoms with E-state index in [0.717, 1.165) is 10.0 Å². The summed E-state index contributed by atoms with van der Waals surface area (Å²) in [6, 6.07) is 10.0. The lowest BCUT2D eigenvalue weighted by atomic mass is 10.2. The van der Waals surface area contributed by atoms with Crippen LogP contribution in [0.5, 0.6) is 5.75 Å². The van der Waals surface area contributed by atoms with Crippen LogP contribution in [0, 0.1) is 6.92 Å². The second-order valence-corrected chi connectivity index (χ2v) is 8.44. The van der Waals surface area contributed by atoms with Crippen LogP contribution in [0.1, 0.15) is 29.3 Å². The average Bonchev–Trinajstić information content (AvgIpc) is 2.71. The van der Waals surface area contributed by atoms with Crippen LogP contribution in [-0.4, -0.2) is 29.4 Å². The first kappa shape index (κ1) is 24.8. The Hall–Kier alpha value is -2.50. The summed E-state index contributed by atoms with van der Waals surface area (Å²) in [5.41, 5.74) is 6.62. The van der Waals surface area contributed by atoms with E-state index < -0.39 is 11.8 Å². The highest BCUT2D eigenvalue weighted by molar-refractivity contribution is 9.11. The number of carbonyl (C=O) groups excluding carboxylic acids is 3. The quantitative estimate of drug-likeness (QED) is 0.312. The molecule has 31 heavy (non-hydrogen) atoms. The van der Waals surface area contributed by atoms with Gasteiger partial charge in [0.25, 0.3) is 11.8 Å². The Balaban J connectivity index is 1.79. The number of anilines is 1. The minimum absolute atomic E-state index is 0.0830. The highest BCUT2D eigenvalue weighted by atomic mass is 79.9. The van der Waals surface area contributed by atoms with E-state index in [1.165, 1.54) is 0 Å². The van der Waals surface area contributed by atoms with Crippen LogP contribution in [0.4, 0.5) is 5.69 Å². The SMILES string of the molecule is CCC(=O)Nc1ccc(C(=O)NNC(=S)NC(=O)COc2c(C)cc(Br)cc2Br)cc1. The molecule has 0 heterocycles. The van der Waals surface area contributed by atoms with Crippen molar-refractivity contribution in [3.63, 3.8) is 0 Å². The van der Waals surface area contributed by atoms with Gasteiger partial charge in [0, 0.05) is 22.1 Å². The normalized spacial score (nSPS) is 10.1. The van der Waals surface area contributed by atoms with E-state index in [0.29, 0.717) is 27.9 Å². The van der Waals surface area contributed by atoms with Crippen molar-refractivity contribution in [2.45, 2.75) is 20.3 Å². The molecule has 0 atom stereocenters. The van der Waals surface area contributed by atoms with Crippen molar-refractivity contribution in [2.75, 3.05) is 11.9 Å². The molecule has 2 rings (SSSR count). The molecule has 0 aliphatic heterocycles. The van der Waals surface area contributed by atoms with E-state index in [-0.39, 0.29) is 17.6 Å². The Morgan fingerprint density at radius 2 is 1.71 bits per heavy atom. The topological polar surface area (TPSA) is 109 Å². The predicted molar refractivity (Wildman–Crippen MR) is 129 cm³/mol. The molecule has 3 amide bonds. The standard InChI is InChI=1S/C20H20Br2N4O4S/c1-3-16(27)23-14-6-4-12(5-7-14)19(29)25-26-20(31)24-17(28)10-30-18-11(2)8-13(21)9-15(18)22/h4-9H,3,10H2,1-2H3,(H,23,27)(H,25,29)(H2,24,26,28,31). The second-order valence-electron chi connectivity index (χ2n) is 6.26. The molecule has 164 valence electrons. The number of hydrogen-bond donors (Lipinski definition) is 4. The monoisotopic (exact) mass is 570 g/mol. The number of halogens is 2. The van der Waals surface area contributed by atoms with Crippen molar-refractivity contribution < 1.29 is 19.1 Å². The molecule has 0 aliphatic rings. The summed E-state index contributed by atoms with van der Waals surface area (Å²) < 4.78 is 7.14. The summed E-state index contributed by atoms with van der Waals surface area (Å²) in [4.78, 5) is 35.6. The highest BCUT2D eigenvalue weighted by Gasteiger charge is 2.12. The van der Waals surface area contributed by atoms with Crippen molar-refractivity contribution >= 4 is 72.6 Å². The van der Waals surface area contributed by atoms with Crippen molar-refractivity contribution in [2.24, 2.45) is 0 Å². The predicted octanol–water partition coefficient (Wildman–Crippen LogP) is 3.58. The number of nitrogens with one attached hydrogen (secondary N) is 4. The first-order chi connectivity index (χ1) is 14.7. The molecule has 11 heteroatoms. The van der Waals surface area contributed by atoms with Crippen LogP contribution in [0.25, 0.3) is 0 Å². The third-order valence-corrected chi connectivity index (χ3v) is 5.09. The molecule has 0 aromatic heterocycles. The number of amides is 3. The molecule has 0 aliphatic carbocycles. The molecule has 0 saturated heterocycles. The van der Waals surface area contributed by atoms with Gasteiger partial charge in [-0.3, -0.25) is 30.6 Å². The summed E-state index contributed by atoms with van der Waals surface area (Å²) >= 11 is 11.8. The van der Waals surface area contributed by atoms with Gasteiger partial charge in [0.2, 0.25) is 5.91 Å². The zero-order valence-electron chi connectivity index (χ0n) is 16.7. The Bertz CT molecular complexity index is 976. The van der Waals surface area contributed by atoms with Crippen molar-refractivity contribution in [3.8, 4) is 5.75 Å². The Labute approximate surface area is 201 Å². The molecule has 0 fully saturated rings. The second kappa shape index (κ2) is 11.8. The molecule has 0 bridgehead atoms. The fourth-order valence-corrected chi connectivity index (χ4v) is 4.06. The van der Waals surface area contributed by atoms with Gasteiger partial charge in [0.15, 0.2) is 11.7 Å². The molecule has 2 aromatic rings. The molecule has 4 N–H and O–H groups in total. The summed E-state index contributed by atoms with van der Waals surface area (Å²) in [7, 11) is 0. The third kappa shape index (κ3) is 7.93. The van der Waals surface area contributed by atoms with E-state index in [2.05, 4.69) is 53.3 Å². The van der Waals surface area contributed by atoms with Crippen LogP contribution in [-0.2, 0) is 9.59 Å². The van der Waals surface area contributed by atoms with Crippen molar-refractivity contribution in [3.05, 3.63) is 56.5 Å². The van der Waals surface area contributed by atoms with Gasteiger partial charge in [0.1, 0.15) is 5.75 Å². The molecule has 0 unspecified atom stereocenters. The Morgan fingerprint density at radius 1 is 1.03 bits per heavy atom. The lowest BCUT2D eigenvalue weighted by Gasteiger charge is -2.13. The number of aryl methyl sites for hydroxylation is 1. The van der Waals surface area contributed by atoms with Gasteiger partial charge in [0.05, 0.1) is 4.47 Å². The van der Waals surface area contributed by atoms with Crippen LogP contribution in [0.15, 0.2) is 45.3 Å². The van der Waals surface area contributed by atoms with Crippen molar-refractivity contribution in [1.29, 1.82) is 0 Å². The minimum atomic E-state index is -0.489. The van der Waals surface area contributed by atoms with Crippen LogP contribution in [0.2, 0.25) is 0 Å². The molecule has 8 nitrogen and oxygen atoms in total. The summed E-state index contributed by atoms with van der Waals surface area (Å²) in [6.45, 7) is 3.34. The number of rotatable bonds is 6. The van der Waals surface area contributed by atoms with Crippen LogP contribution in [0.3, 0.4) is 0 Å². The van der Waals surface area contributed by atoms with E-state index in [4.69, 9.17) is 17.0 Å². The number of hydrogen-bond acceptors (Lipinski definition) is 5. The van der Waals surface area contributed by atoms with Gasteiger partial charge in [-0.15, -0.1) is 0 Å². The van der Waals surface area contributed by atoms with Crippen molar-refractivity contribution in [1.82, 2.24) is 16.2 Å². The van der Waals surface area contributed by atoms with E-state index >= 15 is 0 Å². The maximum absolute atomic E-state index is 12.2. The molecular weight excluding hydrogens is 552 g/mol. The highest BCUT2D eigenvalue weighted by Crippen LogP contribution is 2.32. The lowest BCUT2D eigenvalue weighted by molar-refractivity contribution is -0.121. The van der Waals surface area contributed by atoms with E-state index in [1.807, 2.05) is 19.1 Å². The summed E-state index contributed by atoms with van der Waals surface area (Å²) in [5, 5.41) is 5.02. The number of ether oxygens (including phenoxy) is 1. The number of benzene rings is 2. The smallest absolute Gasteiger partial charge is 0.269 e. The number of carbonyl (C=O) groups is 3. The Kier molecular flexibility index (Phi) is 9.41. The summed E-state index contributed by atoms with van der Waals surface area (Å²) in [6.07, 6.45) is 0.361. The largest absolute Gasteiger partial charge is 0.482 e. The van der Waals surface area contributed by atoms with E-state index in [1.54, 1.807) is 31.2 Å².